The molecule has 0 aromatic heterocycles. The quantitative estimate of drug-likeness (QED) is 0.604. The predicted molar refractivity (Wildman–Crippen MR) is 56.3 cm³/mol. The van der Waals surface area contributed by atoms with Crippen LogP contribution < -0.4 is 0 Å². The third kappa shape index (κ3) is 1.44. The molecule has 2 rings (SSSR count). The SMILES string of the molecule is Cc1cccc(C2=[C]CC=C2)c1C. The standard InChI is InChI=1S/C13H13/c1-10-6-5-9-13(11(10)2)12-7-3-4-8-12/h3,5-7,9H,4H2,1-2H3. The monoisotopic (exact) mass is 169 g/mol. The molecule has 1 radical (unpaired) electrons. The third-order valence-electron chi connectivity index (χ3n) is 2.59. The van der Waals surface area contributed by atoms with E-state index in [0.29, 0.717) is 0 Å². The van der Waals surface area contributed by atoms with Crippen molar-refractivity contribution in [2.45, 2.75) is 20.3 Å². The lowest BCUT2D eigenvalue weighted by Crippen LogP contribution is -1.88. The van der Waals surface area contributed by atoms with Crippen LogP contribution in [-0.2, 0) is 0 Å². The van der Waals surface area contributed by atoms with Crippen molar-refractivity contribution >= 4 is 5.57 Å². The molecular weight excluding hydrogens is 156 g/mol. The fourth-order valence-electron chi connectivity index (χ4n) is 1.63. The summed E-state index contributed by atoms with van der Waals surface area (Å²) in [6.07, 6.45) is 8.61. The summed E-state index contributed by atoms with van der Waals surface area (Å²) >= 11 is 0. The van der Waals surface area contributed by atoms with Gasteiger partial charge in [0.1, 0.15) is 0 Å². The third-order valence-corrected chi connectivity index (χ3v) is 2.59. The van der Waals surface area contributed by atoms with Gasteiger partial charge in [-0.2, -0.15) is 0 Å². The van der Waals surface area contributed by atoms with Crippen molar-refractivity contribution in [1.29, 1.82) is 0 Å². The van der Waals surface area contributed by atoms with Crippen LogP contribution >= 0.6 is 0 Å². The average Bonchev–Trinajstić information content (AvgIpc) is 2.62. The van der Waals surface area contributed by atoms with E-state index >= 15 is 0 Å². The van der Waals surface area contributed by atoms with Crippen LogP contribution in [-0.4, -0.2) is 0 Å². The maximum absolute atomic E-state index is 3.35. The Labute approximate surface area is 79.6 Å². The fourth-order valence-corrected chi connectivity index (χ4v) is 1.63. The smallest absolute Gasteiger partial charge is 0.00849 e. The van der Waals surface area contributed by atoms with Crippen molar-refractivity contribution in [3.8, 4) is 0 Å². The highest BCUT2D eigenvalue weighted by Crippen LogP contribution is 2.25. The zero-order valence-electron chi connectivity index (χ0n) is 8.09. The summed E-state index contributed by atoms with van der Waals surface area (Å²) in [7, 11) is 0. The summed E-state index contributed by atoms with van der Waals surface area (Å²) in [5.74, 6) is 0. The molecule has 0 fully saturated rings. The number of aryl methyl sites for hydroxylation is 1. The van der Waals surface area contributed by atoms with Gasteiger partial charge in [0.25, 0.3) is 0 Å². The van der Waals surface area contributed by atoms with Crippen LogP contribution in [0.5, 0.6) is 0 Å². The lowest BCUT2D eigenvalue weighted by atomic mass is 9.98. The van der Waals surface area contributed by atoms with Gasteiger partial charge in [-0.25, -0.2) is 0 Å². The molecule has 0 heterocycles. The molecule has 0 amide bonds. The van der Waals surface area contributed by atoms with Gasteiger partial charge in [-0.3, -0.25) is 0 Å². The Hall–Kier alpha value is -1.30. The van der Waals surface area contributed by atoms with Crippen molar-refractivity contribution in [3.05, 3.63) is 53.1 Å². The molecule has 65 valence electrons. The second kappa shape index (κ2) is 3.21. The molecule has 0 N–H and O–H groups in total. The summed E-state index contributed by atoms with van der Waals surface area (Å²) in [6, 6.07) is 6.43. The van der Waals surface area contributed by atoms with Crippen molar-refractivity contribution < 1.29 is 0 Å². The Bertz CT molecular complexity index is 381. The number of rotatable bonds is 1. The van der Waals surface area contributed by atoms with Crippen LogP contribution in [0, 0.1) is 19.9 Å². The largest absolute Gasteiger partial charge is 0.0795 e. The molecule has 0 heteroatoms. The summed E-state index contributed by atoms with van der Waals surface area (Å²) < 4.78 is 0. The zero-order valence-corrected chi connectivity index (χ0v) is 8.09. The van der Waals surface area contributed by atoms with E-state index < -0.39 is 0 Å². The van der Waals surface area contributed by atoms with Gasteiger partial charge in [0.05, 0.1) is 0 Å². The molecule has 0 nitrogen and oxygen atoms in total. The number of hydrogen-bond donors (Lipinski definition) is 0. The minimum Gasteiger partial charge on any atom is -0.0795 e. The van der Waals surface area contributed by atoms with Gasteiger partial charge in [0, 0.05) is 0 Å². The molecule has 0 aliphatic heterocycles. The van der Waals surface area contributed by atoms with Gasteiger partial charge in [-0.1, -0.05) is 30.4 Å². The summed E-state index contributed by atoms with van der Waals surface area (Å²) in [4.78, 5) is 0. The van der Waals surface area contributed by atoms with Crippen molar-refractivity contribution in [3.63, 3.8) is 0 Å². The molecule has 1 aromatic carbocycles. The van der Waals surface area contributed by atoms with Crippen LogP contribution in [0.1, 0.15) is 23.1 Å². The van der Waals surface area contributed by atoms with E-state index in [1.54, 1.807) is 0 Å². The Morgan fingerprint density at radius 1 is 1.23 bits per heavy atom. The molecule has 0 saturated heterocycles. The lowest BCUT2D eigenvalue weighted by Gasteiger charge is -2.07. The van der Waals surface area contributed by atoms with E-state index in [1.807, 2.05) is 0 Å². The maximum Gasteiger partial charge on any atom is -0.00849 e. The molecule has 1 aliphatic rings. The summed E-state index contributed by atoms with van der Waals surface area (Å²) in [5, 5.41) is 0. The van der Waals surface area contributed by atoms with Crippen LogP contribution in [0.4, 0.5) is 0 Å². The maximum atomic E-state index is 3.35. The molecule has 13 heavy (non-hydrogen) atoms. The molecule has 0 unspecified atom stereocenters. The first-order valence-electron chi connectivity index (χ1n) is 4.63. The predicted octanol–water partition coefficient (Wildman–Crippen LogP) is 3.45. The van der Waals surface area contributed by atoms with Gasteiger partial charge < -0.3 is 0 Å². The Morgan fingerprint density at radius 3 is 2.77 bits per heavy atom. The van der Waals surface area contributed by atoms with Gasteiger partial charge in [0.15, 0.2) is 0 Å². The van der Waals surface area contributed by atoms with E-state index in [-0.39, 0.29) is 0 Å². The highest BCUT2D eigenvalue weighted by Gasteiger charge is 2.05. The Morgan fingerprint density at radius 2 is 2.08 bits per heavy atom. The Kier molecular flexibility index (Phi) is 2.05. The van der Waals surface area contributed by atoms with Gasteiger partial charge in [0.2, 0.25) is 0 Å². The van der Waals surface area contributed by atoms with Gasteiger partial charge in [-0.05, 0) is 48.6 Å². The first-order chi connectivity index (χ1) is 6.29. The van der Waals surface area contributed by atoms with Gasteiger partial charge in [-0.15, -0.1) is 0 Å². The first kappa shape index (κ1) is 8.31. The van der Waals surface area contributed by atoms with E-state index in [4.69, 9.17) is 0 Å². The topological polar surface area (TPSA) is 0 Å². The molecule has 1 aliphatic carbocycles. The molecule has 0 spiro atoms. The van der Waals surface area contributed by atoms with Crippen LogP contribution in [0.25, 0.3) is 5.57 Å². The second-order valence-corrected chi connectivity index (χ2v) is 3.44. The van der Waals surface area contributed by atoms with Gasteiger partial charge >= 0.3 is 0 Å². The van der Waals surface area contributed by atoms with E-state index in [1.165, 1.54) is 22.3 Å². The van der Waals surface area contributed by atoms with Crippen molar-refractivity contribution in [2.24, 2.45) is 0 Å². The molecule has 0 saturated carbocycles. The number of allylic oxidation sites excluding steroid dienone is 4. The molecular formula is C13H13. The van der Waals surface area contributed by atoms with E-state index in [2.05, 4.69) is 50.3 Å². The highest BCUT2D eigenvalue weighted by molar-refractivity contribution is 5.76. The summed E-state index contributed by atoms with van der Waals surface area (Å²) in [5.41, 5.74) is 5.30. The van der Waals surface area contributed by atoms with E-state index in [9.17, 15) is 0 Å². The number of benzene rings is 1. The first-order valence-corrected chi connectivity index (χ1v) is 4.63. The van der Waals surface area contributed by atoms with Crippen molar-refractivity contribution in [1.82, 2.24) is 0 Å². The summed E-state index contributed by atoms with van der Waals surface area (Å²) in [6.45, 7) is 4.32. The second-order valence-electron chi connectivity index (χ2n) is 3.44. The van der Waals surface area contributed by atoms with Crippen LogP contribution in [0.15, 0.2) is 30.4 Å². The minimum atomic E-state index is 0.961. The molecule has 1 aromatic rings. The van der Waals surface area contributed by atoms with Crippen LogP contribution in [0.3, 0.4) is 0 Å². The van der Waals surface area contributed by atoms with E-state index in [0.717, 1.165) is 6.42 Å². The molecule has 0 bridgehead atoms. The average molecular weight is 169 g/mol. The lowest BCUT2D eigenvalue weighted by molar-refractivity contribution is 1.31. The molecule has 0 atom stereocenters. The highest BCUT2D eigenvalue weighted by atomic mass is 14.1. The van der Waals surface area contributed by atoms with Crippen LogP contribution in [0.2, 0.25) is 0 Å². The Balaban J connectivity index is 2.51. The normalized spacial score (nSPS) is 14.8. The number of hydrogen-bond acceptors (Lipinski definition) is 0. The fraction of sp³-hybridized carbons (Fsp3) is 0.231. The minimum absolute atomic E-state index is 0.961. The zero-order chi connectivity index (χ0) is 9.26. The van der Waals surface area contributed by atoms with Crippen molar-refractivity contribution in [2.75, 3.05) is 0 Å².